The van der Waals surface area contributed by atoms with E-state index < -0.39 is 0 Å². The first kappa shape index (κ1) is 13.8. The van der Waals surface area contributed by atoms with Crippen LogP contribution < -0.4 is 5.32 Å². The molecule has 1 nitrogen and oxygen atoms in total. The molecule has 0 heterocycles. The summed E-state index contributed by atoms with van der Waals surface area (Å²) >= 11 is 0. The monoisotopic (exact) mass is 257 g/mol. The average Bonchev–Trinajstić information content (AvgIpc) is 2.41. The van der Waals surface area contributed by atoms with Gasteiger partial charge in [-0.3, -0.25) is 0 Å². The van der Waals surface area contributed by atoms with Crippen molar-refractivity contribution in [3.8, 4) is 0 Å². The number of halogens is 1. The Morgan fingerprint density at radius 3 is 2.63 bits per heavy atom. The smallest absolute Gasteiger partial charge is 0.123 e. The third-order valence-electron chi connectivity index (χ3n) is 3.45. The summed E-state index contributed by atoms with van der Waals surface area (Å²) in [4.78, 5) is 0. The lowest BCUT2D eigenvalue weighted by molar-refractivity contribution is 0.567. The van der Waals surface area contributed by atoms with E-state index in [0.29, 0.717) is 0 Å². The van der Waals surface area contributed by atoms with Gasteiger partial charge in [0, 0.05) is 6.04 Å². The summed E-state index contributed by atoms with van der Waals surface area (Å²) in [7, 11) is 0. The van der Waals surface area contributed by atoms with Crippen molar-refractivity contribution in [1.29, 1.82) is 0 Å². The Labute approximate surface area is 114 Å². The van der Waals surface area contributed by atoms with Crippen LogP contribution in [0.5, 0.6) is 0 Å². The molecule has 0 aromatic heterocycles. The molecule has 1 unspecified atom stereocenters. The van der Waals surface area contributed by atoms with Gasteiger partial charge in [-0.15, -0.1) is 0 Å². The highest BCUT2D eigenvalue weighted by Crippen LogP contribution is 2.14. The summed E-state index contributed by atoms with van der Waals surface area (Å²) < 4.78 is 13.1. The van der Waals surface area contributed by atoms with Crippen molar-refractivity contribution in [2.45, 2.75) is 26.3 Å². The van der Waals surface area contributed by atoms with Gasteiger partial charge >= 0.3 is 0 Å². The zero-order valence-electron chi connectivity index (χ0n) is 11.5. The lowest BCUT2D eigenvalue weighted by atomic mass is 10.0. The molecule has 0 saturated carbocycles. The Hall–Kier alpha value is -1.67. The van der Waals surface area contributed by atoms with Crippen LogP contribution in [-0.4, -0.2) is 6.54 Å². The first-order chi connectivity index (χ1) is 9.16. The van der Waals surface area contributed by atoms with Gasteiger partial charge in [0.05, 0.1) is 0 Å². The molecule has 100 valence electrons. The minimum atomic E-state index is -0.176. The molecule has 0 fully saturated rings. The van der Waals surface area contributed by atoms with Crippen molar-refractivity contribution in [2.24, 2.45) is 0 Å². The van der Waals surface area contributed by atoms with Crippen LogP contribution in [-0.2, 0) is 6.42 Å². The van der Waals surface area contributed by atoms with Gasteiger partial charge in [-0.1, -0.05) is 36.4 Å². The summed E-state index contributed by atoms with van der Waals surface area (Å²) in [6.07, 6.45) is 0.992. The number of rotatable bonds is 5. The van der Waals surface area contributed by atoms with Gasteiger partial charge in [0.1, 0.15) is 5.82 Å². The quantitative estimate of drug-likeness (QED) is 0.852. The molecular formula is C17H20FN. The largest absolute Gasteiger partial charge is 0.310 e. The maximum atomic E-state index is 13.1. The van der Waals surface area contributed by atoms with E-state index in [1.165, 1.54) is 17.2 Å². The fourth-order valence-electron chi connectivity index (χ4n) is 2.21. The Balaban J connectivity index is 1.88. The van der Waals surface area contributed by atoms with Gasteiger partial charge in [-0.2, -0.15) is 0 Å². The molecule has 0 aliphatic heterocycles. The molecule has 0 spiro atoms. The molecule has 0 saturated heterocycles. The molecule has 2 rings (SSSR count). The van der Waals surface area contributed by atoms with Gasteiger partial charge in [0.15, 0.2) is 0 Å². The van der Waals surface area contributed by atoms with Crippen molar-refractivity contribution in [3.05, 3.63) is 71.0 Å². The zero-order valence-corrected chi connectivity index (χ0v) is 11.5. The van der Waals surface area contributed by atoms with E-state index in [4.69, 9.17) is 0 Å². The van der Waals surface area contributed by atoms with Crippen LogP contribution in [0.4, 0.5) is 4.39 Å². The summed E-state index contributed by atoms with van der Waals surface area (Å²) in [5.41, 5.74) is 3.67. The van der Waals surface area contributed by atoms with Crippen molar-refractivity contribution >= 4 is 0 Å². The van der Waals surface area contributed by atoms with E-state index in [1.54, 1.807) is 12.1 Å². The molecule has 2 aromatic carbocycles. The van der Waals surface area contributed by atoms with Crippen molar-refractivity contribution in [3.63, 3.8) is 0 Å². The minimum absolute atomic E-state index is 0.166. The zero-order chi connectivity index (χ0) is 13.7. The molecule has 19 heavy (non-hydrogen) atoms. The minimum Gasteiger partial charge on any atom is -0.310 e. The highest BCUT2D eigenvalue weighted by atomic mass is 19.1. The third kappa shape index (κ3) is 3.90. The van der Waals surface area contributed by atoms with Crippen LogP contribution in [0.25, 0.3) is 0 Å². The van der Waals surface area contributed by atoms with Gasteiger partial charge in [-0.25, -0.2) is 4.39 Å². The van der Waals surface area contributed by atoms with E-state index >= 15 is 0 Å². The lowest BCUT2D eigenvalue weighted by Crippen LogP contribution is -2.21. The van der Waals surface area contributed by atoms with Crippen LogP contribution >= 0.6 is 0 Å². The maximum absolute atomic E-state index is 13.1. The number of hydrogen-bond donors (Lipinski definition) is 1. The first-order valence-corrected chi connectivity index (χ1v) is 6.70. The van der Waals surface area contributed by atoms with Crippen molar-refractivity contribution < 1.29 is 4.39 Å². The molecule has 0 aliphatic carbocycles. The number of benzene rings is 2. The van der Waals surface area contributed by atoms with Crippen LogP contribution in [0.3, 0.4) is 0 Å². The maximum Gasteiger partial charge on any atom is 0.123 e. The number of aryl methyl sites for hydroxylation is 1. The Kier molecular flexibility index (Phi) is 4.69. The van der Waals surface area contributed by atoms with E-state index in [9.17, 15) is 4.39 Å². The van der Waals surface area contributed by atoms with Crippen molar-refractivity contribution in [1.82, 2.24) is 5.32 Å². The van der Waals surface area contributed by atoms with E-state index in [1.807, 2.05) is 6.07 Å². The standard InChI is InChI=1S/C17H20FN/c1-13-6-3-4-7-15(13)10-11-19-14(2)16-8-5-9-17(18)12-16/h3-9,12,14,19H,10-11H2,1-2H3. The molecule has 0 aliphatic rings. The lowest BCUT2D eigenvalue weighted by Gasteiger charge is -2.15. The van der Waals surface area contributed by atoms with Crippen LogP contribution in [0.15, 0.2) is 48.5 Å². The number of nitrogens with one attached hydrogen (secondary N) is 1. The fourth-order valence-corrected chi connectivity index (χ4v) is 2.21. The summed E-state index contributed by atoms with van der Waals surface area (Å²) in [5.74, 6) is -0.176. The molecule has 1 N–H and O–H groups in total. The van der Waals surface area contributed by atoms with Crippen LogP contribution in [0.1, 0.15) is 29.7 Å². The molecule has 2 aromatic rings. The van der Waals surface area contributed by atoms with Gasteiger partial charge in [-0.05, 0) is 55.6 Å². The topological polar surface area (TPSA) is 12.0 Å². The third-order valence-corrected chi connectivity index (χ3v) is 3.45. The summed E-state index contributed by atoms with van der Waals surface area (Å²) in [5, 5.41) is 3.44. The van der Waals surface area contributed by atoms with E-state index in [2.05, 4.69) is 43.4 Å². The van der Waals surface area contributed by atoms with Gasteiger partial charge < -0.3 is 5.32 Å². The Morgan fingerprint density at radius 2 is 1.89 bits per heavy atom. The molecular weight excluding hydrogens is 237 g/mol. The van der Waals surface area contributed by atoms with Crippen LogP contribution in [0, 0.1) is 12.7 Å². The predicted molar refractivity (Wildman–Crippen MR) is 77.7 cm³/mol. The Morgan fingerprint density at radius 1 is 1.11 bits per heavy atom. The average molecular weight is 257 g/mol. The van der Waals surface area contributed by atoms with Crippen molar-refractivity contribution in [2.75, 3.05) is 6.54 Å². The van der Waals surface area contributed by atoms with Gasteiger partial charge in [0.2, 0.25) is 0 Å². The first-order valence-electron chi connectivity index (χ1n) is 6.70. The summed E-state index contributed by atoms with van der Waals surface area (Å²) in [6, 6.07) is 15.3. The van der Waals surface area contributed by atoms with E-state index in [-0.39, 0.29) is 11.9 Å². The predicted octanol–water partition coefficient (Wildman–Crippen LogP) is 4.03. The highest BCUT2D eigenvalue weighted by molar-refractivity contribution is 5.26. The van der Waals surface area contributed by atoms with E-state index in [0.717, 1.165) is 18.5 Å². The Bertz CT molecular complexity index is 536. The molecule has 1 atom stereocenters. The second-order valence-electron chi connectivity index (χ2n) is 4.91. The normalized spacial score (nSPS) is 12.4. The molecule has 0 radical (unpaired) electrons. The SMILES string of the molecule is Cc1ccccc1CCNC(C)c1cccc(F)c1. The second-order valence-corrected chi connectivity index (χ2v) is 4.91. The van der Waals surface area contributed by atoms with Gasteiger partial charge in [0.25, 0.3) is 0 Å². The highest BCUT2D eigenvalue weighted by Gasteiger charge is 2.05. The van der Waals surface area contributed by atoms with Crippen LogP contribution in [0.2, 0.25) is 0 Å². The summed E-state index contributed by atoms with van der Waals surface area (Å²) in [6.45, 7) is 5.08. The number of hydrogen-bond acceptors (Lipinski definition) is 1. The molecule has 0 amide bonds. The second kappa shape index (κ2) is 6.48. The fraction of sp³-hybridized carbons (Fsp3) is 0.294. The molecule has 0 bridgehead atoms. The molecule has 2 heteroatoms.